The lowest BCUT2D eigenvalue weighted by atomic mass is 9.92. The molecule has 1 aliphatic heterocycles. The Morgan fingerprint density at radius 2 is 2.00 bits per heavy atom. The smallest absolute Gasteiger partial charge is 0.410 e. The minimum Gasteiger partial charge on any atom is -0.478 e. The summed E-state index contributed by atoms with van der Waals surface area (Å²) in [6.07, 6.45) is 3.86. The van der Waals surface area contributed by atoms with E-state index in [0.29, 0.717) is 18.4 Å². The van der Waals surface area contributed by atoms with E-state index in [9.17, 15) is 4.79 Å². The van der Waals surface area contributed by atoms with Crippen molar-refractivity contribution < 1.29 is 14.3 Å². The average molecular weight is 370 g/mol. The van der Waals surface area contributed by atoms with E-state index < -0.39 is 5.60 Å². The minimum absolute atomic E-state index is 0.203. The fourth-order valence-electron chi connectivity index (χ4n) is 2.86. The lowest BCUT2D eigenvalue weighted by Gasteiger charge is -2.33. The van der Waals surface area contributed by atoms with E-state index in [2.05, 4.69) is 9.97 Å². The van der Waals surface area contributed by atoms with Gasteiger partial charge in [-0.1, -0.05) is 0 Å². The first-order valence-electron chi connectivity index (χ1n) is 8.85. The number of ether oxygens (including phenoxy) is 2. The number of amides is 1. The Bertz CT molecular complexity index is 561. The van der Waals surface area contributed by atoms with Gasteiger partial charge in [-0.25, -0.2) is 9.78 Å². The Balaban J connectivity index is 1.64. The SMILES string of the molecule is Cc1cc(OCCCC2CCN(C(=O)OC(C)(C)C)CC2)nc(Cl)n1. The van der Waals surface area contributed by atoms with Gasteiger partial charge >= 0.3 is 6.09 Å². The summed E-state index contributed by atoms with van der Waals surface area (Å²) in [5.41, 5.74) is 0.359. The van der Waals surface area contributed by atoms with E-state index in [1.807, 2.05) is 32.6 Å². The van der Waals surface area contributed by atoms with Crippen LogP contribution in [0.1, 0.15) is 52.1 Å². The first-order chi connectivity index (χ1) is 11.7. The first-order valence-corrected chi connectivity index (χ1v) is 9.22. The Hall–Kier alpha value is -1.56. The third-order valence-corrected chi connectivity index (χ3v) is 4.25. The molecule has 1 fully saturated rings. The van der Waals surface area contributed by atoms with Crippen molar-refractivity contribution in [2.75, 3.05) is 19.7 Å². The zero-order chi connectivity index (χ0) is 18.4. The van der Waals surface area contributed by atoms with E-state index >= 15 is 0 Å². The van der Waals surface area contributed by atoms with Crippen molar-refractivity contribution in [3.63, 3.8) is 0 Å². The molecule has 0 atom stereocenters. The van der Waals surface area contributed by atoms with Gasteiger partial charge in [-0.2, -0.15) is 4.98 Å². The van der Waals surface area contributed by atoms with E-state index in [1.54, 1.807) is 6.07 Å². The van der Waals surface area contributed by atoms with Gasteiger partial charge < -0.3 is 14.4 Å². The van der Waals surface area contributed by atoms with Gasteiger partial charge in [0, 0.05) is 24.8 Å². The molecule has 25 heavy (non-hydrogen) atoms. The highest BCUT2D eigenvalue weighted by Gasteiger charge is 2.26. The zero-order valence-corrected chi connectivity index (χ0v) is 16.3. The Kier molecular flexibility index (Phi) is 6.87. The van der Waals surface area contributed by atoms with E-state index in [0.717, 1.165) is 44.5 Å². The molecule has 0 bridgehead atoms. The van der Waals surface area contributed by atoms with Gasteiger partial charge in [0.25, 0.3) is 0 Å². The second kappa shape index (κ2) is 8.70. The number of hydrogen-bond donors (Lipinski definition) is 0. The molecule has 7 heteroatoms. The van der Waals surface area contributed by atoms with Crippen LogP contribution in [0.25, 0.3) is 0 Å². The zero-order valence-electron chi connectivity index (χ0n) is 15.5. The molecule has 6 nitrogen and oxygen atoms in total. The van der Waals surface area contributed by atoms with Crippen molar-refractivity contribution in [1.29, 1.82) is 0 Å². The number of halogens is 1. The van der Waals surface area contributed by atoms with Crippen molar-refractivity contribution in [3.8, 4) is 5.88 Å². The molecule has 1 aliphatic rings. The molecule has 1 aromatic rings. The number of rotatable bonds is 5. The number of likely N-dealkylation sites (tertiary alicyclic amines) is 1. The topological polar surface area (TPSA) is 64.5 Å². The molecular formula is C18H28ClN3O3. The van der Waals surface area contributed by atoms with E-state index in [-0.39, 0.29) is 11.4 Å². The van der Waals surface area contributed by atoms with Crippen molar-refractivity contribution in [3.05, 3.63) is 17.0 Å². The summed E-state index contributed by atoms with van der Waals surface area (Å²) in [5.74, 6) is 1.15. The Morgan fingerprint density at radius 3 is 2.60 bits per heavy atom. The average Bonchev–Trinajstić information content (AvgIpc) is 2.49. The monoisotopic (exact) mass is 369 g/mol. The van der Waals surface area contributed by atoms with Crippen LogP contribution in [0.2, 0.25) is 5.28 Å². The van der Waals surface area contributed by atoms with Gasteiger partial charge in [-0.05, 0) is 70.9 Å². The first kappa shape index (κ1) is 19.8. The van der Waals surface area contributed by atoms with Gasteiger partial charge in [0.1, 0.15) is 5.60 Å². The van der Waals surface area contributed by atoms with Crippen molar-refractivity contribution >= 4 is 17.7 Å². The van der Waals surface area contributed by atoms with Gasteiger partial charge in [0.2, 0.25) is 11.2 Å². The third-order valence-electron chi connectivity index (χ3n) is 4.08. The summed E-state index contributed by atoms with van der Waals surface area (Å²) in [6.45, 7) is 9.68. The molecule has 140 valence electrons. The van der Waals surface area contributed by atoms with Gasteiger partial charge in [-0.15, -0.1) is 0 Å². The number of aryl methyl sites for hydroxylation is 1. The second-order valence-corrected chi connectivity index (χ2v) is 7.86. The molecule has 1 aromatic heterocycles. The fourth-order valence-corrected chi connectivity index (χ4v) is 3.07. The van der Waals surface area contributed by atoms with Crippen LogP contribution in [0, 0.1) is 12.8 Å². The van der Waals surface area contributed by atoms with Crippen LogP contribution in [0.5, 0.6) is 5.88 Å². The number of carbonyl (C=O) groups excluding carboxylic acids is 1. The molecular weight excluding hydrogens is 342 g/mol. The Morgan fingerprint density at radius 1 is 1.32 bits per heavy atom. The molecule has 0 unspecified atom stereocenters. The molecule has 0 N–H and O–H groups in total. The molecule has 2 rings (SSSR count). The van der Waals surface area contributed by atoms with Crippen molar-refractivity contribution in [2.24, 2.45) is 5.92 Å². The van der Waals surface area contributed by atoms with Crippen LogP contribution in [-0.4, -0.2) is 46.3 Å². The van der Waals surface area contributed by atoms with Crippen LogP contribution in [0.15, 0.2) is 6.07 Å². The van der Waals surface area contributed by atoms with Gasteiger partial charge in [-0.3, -0.25) is 0 Å². The van der Waals surface area contributed by atoms with Gasteiger partial charge in [0.15, 0.2) is 0 Å². The highest BCUT2D eigenvalue weighted by Crippen LogP contribution is 2.23. The molecule has 0 aliphatic carbocycles. The van der Waals surface area contributed by atoms with Crippen LogP contribution < -0.4 is 4.74 Å². The quantitative estimate of drug-likeness (QED) is 0.573. The molecule has 0 spiro atoms. The predicted molar refractivity (Wildman–Crippen MR) is 97.0 cm³/mol. The largest absolute Gasteiger partial charge is 0.478 e. The maximum absolute atomic E-state index is 12.1. The fraction of sp³-hybridized carbons (Fsp3) is 0.722. The summed E-state index contributed by atoms with van der Waals surface area (Å²) in [5, 5.41) is 0.213. The summed E-state index contributed by atoms with van der Waals surface area (Å²) in [6, 6.07) is 1.78. The van der Waals surface area contributed by atoms with Crippen LogP contribution in [0.4, 0.5) is 4.79 Å². The molecule has 0 aromatic carbocycles. The van der Waals surface area contributed by atoms with E-state index in [1.165, 1.54) is 0 Å². The van der Waals surface area contributed by atoms with Gasteiger partial charge in [0.05, 0.1) is 6.61 Å². The number of hydrogen-bond acceptors (Lipinski definition) is 5. The van der Waals surface area contributed by atoms with Crippen LogP contribution >= 0.6 is 11.6 Å². The van der Waals surface area contributed by atoms with Crippen LogP contribution in [0.3, 0.4) is 0 Å². The number of carbonyl (C=O) groups is 1. The Labute approximate surface area is 154 Å². The van der Waals surface area contributed by atoms with Crippen molar-refractivity contribution in [1.82, 2.24) is 14.9 Å². The summed E-state index contributed by atoms with van der Waals surface area (Å²) in [7, 11) is 0. The highest BCUT2D eigenvalue weighted by molar-refractivity contribution is 6.28. The maximum Gasteiger partial charge on any atom is 0.410 e. The second-order valence-electron chi connectivity index (χ2n) is 7.52. The van der Waals surface area contributed by atoms with E-state index in [4.69, 9.17) is 21.1 Å². The molecule has 0 saturated carbocycles. The maximum atomic E-state index is 12.1. The predicted octanol–water partition coefficient (Wildman–Crippen LogP) is 4.24. The minimum atomic E-state index is -0.437. The lowest BCUT2D eigenvalue weighted by Crippen LogP contribution is -2.41. The number of nitrogens with zero attached hydrogens (tertiary/aromatic N) is 3. The van der Waals surface area contributed by atoms with Crippen LogP contribution in [-0.2, 0) is 4.74 Å². The number of piperidine rings is 1. The molecule has 2 heterocycles. The summed E-state index contributed by atoms with van der Waals surface area (Å²) < 4.78 is 11.1. The summed E-state index contributed by atoms with van der Waals surface area (Å²) >= 11 is 5.82. The lowest BCUT2D eigenvalue weighted by molar-refractivity contribution is 0.0179. The normalized spacial score (nSPS) is 16.0. The molecule has 1 saturated heterocycles. The highest BCUT2D eigenvalue weighted by atomic mass is 35.5. The molecule has 1 amide bonds. The standard InChI is InChI=1S/C18H28ClN3O3/c1-13-12-15(21-16(19)20-13)24-11-5-6-14-7-9-22(10-8-14)17(23)25-18(2,3)4/h12,14H,5-11H2,1-4H3. The number of aromatic nitrogens is 2. The molecule has 0 radical (unpaired) electrons. The third kappa shape index (κ3) is 7.06. The summed E-state index contributed by atoms with van der Waals surface area (Å²) in [4.78, 5) is 21.9. The van der Waals surface area contributed by atoms with Crippen molar-refractivity contribution in [2.45, 2.75) is 59.0 Å².